The molecule has 0 saturated carbocycles. The lowest BCUT2D eigenvalue weighted by Gasteiger charge is -2.34. The van der Waals surface area contributed by atoms with Crippen LogP contribution in [0.2, 0.25) is 0 Å². The Morgan fingerprint density at radius 2 is 2.11 bits per heavy atom. The Balaban J connectivity index is 2.11. The van der Waals surface area contributed by atoms with Gasteiger partial charge in [0, 0.05) is 31.2 Å². The summed E-state index contributed by atoms with van der Waals surface area (Å²) in [6.45, 7) is 3.93. The first-order valence-corrected chi connectivity index (χ1v) is 6.02. The van der Waals surface area contributed by atoms with Gasteiger partial charge >= 0.3 is 0 Å². The molecule has 1 amide bonds. The van der Waals surface area contributed by atoms with Crippen molar-refractivity contribution < 1.29 is 13.6 Å². The lowest BCUT2D eigenvalue weighted by Crippen LogP contribution is -2.52. The molecule has 0 aliphatic carbocycles. The largest absolute Gasteiger partial charge is 0.337 e. The van der Waals surface area contributed by atoms with Gasteiger partial charge in [-0.2, -0.15) is 0 Å². The van der Waals surface area contributed by atoms with E-state index in [1.165, 1.54) is 18.2 Å². The van der Waals surface area contributed by atoms with E-state index in [0.29, 0.717) is 13.1 Å². The topological polar surface area (TPSA) is 32.3 Å². The molecule has 1 aromatic carbocycles. The van der Waals surface area contributed by atoms with E-state index in [9.17, 15) is 13.6 Å². The van der Waals surface area contributed by atoms with E-state index in [0.717, 1.165) is 6.54 Å². The van der Waals surface area contributed by atoms with Gasteiger partial charge in [-0.25, -0.2) is 8.78 Å². The van der Waals surface area contributed by atoms with Gasteiger partial charge in [-0.1, -0.05) is 6.07 Å². The van der Waals surface area contributed by atoms with Crippen molar-refractivity contribution in [2.45, 2.75) is 19.4 Å². The summed E-state index contributed by atoms with van der Waals surface area (Å²) < 4.78 is 26.9. The van der Waals surface area contributed by atoms with Crippen LogP contribution in [-0.2, 0) is 11.2 Å². The molecular formula is C13H16F2N2O. The van der Waals surface area contributed by atoms with E-state index in [-0.39, 0.29) is 23.9 Å². The van der Waals surface area contributed by atoms with E-state index in [1.54, 1.807) is 4.90 Å². The molecule has 1 N–H and O–H groups in total. The second-order valence-corrected chi connectivity index (χ2v) is 4.52. The van der Waals surface area contributed by atoms with Crippen LogP contribution >= 0.6 is 0 Å². The van der Waals surface area contributed by atoms with Gasteiger partial charge in [0.25, 0.3) is 0 Å². The summed E-state index contributed by atoms with van der Waals surface area (Å²) in [5, 5.41) is 3.16. The van der Waals surface area contributed by atoms with E-state index in [2.05, 4.69) is 5.32 Å². The lowest BCUT2D eigenvalue weighted by atomic mass is 10.1. The molecule has 18 heavy (non-hydrogen) atoms. The maximum Gasteiger partial charge on any atom is 0.227 e. The van der Waals surface area contributed by atoms with Gasteiger partial charge in [0.15, 0.2) is 0 Å². The molecule has 1 aromatic rings. The summed E-state index contributed by atoms with van der Waals surface area (Å²) in [6.07, 6.45) is -0.219. The summed E-state index contributed by atoms with van der Waals surface area (Å²) in [4.78, 5) is 13.7. The second kappa shape index (κ2) is 5.44. The van der Waals surface area contributed by atoms with E-state index < -0.39 is 11.6 Å². The van der Waals surface area contributed by atoms with Crippen LogP contribution in [0, 0.1) is 11.6 Å². The van der Waals surface area contributed by atoms with Crippen LogP contribution in [0.15, 0.2) is 18.2 Å². The molecule has 0 bridgehead atoms. The van der Waals surface area contributed by atoms with Crippen molar-refractivity contribution in [2.24, 2.45) is 0 Å². The van der Waals surface area contributed by atoms with Gasteiger partial charge in [-0.15, -0.1) is 0 Å². The molecule has 0 spiro atoms. The van der Waals surface area contributed by atoms with Crippen molar-refractivity contribution in [1.29, 1.82) is 0 Å². The zero-order chi connectivity index (χ0) is 13.1. The minimum absolute atomic E-state index is 0.0566. The van der Waals surface area contributed by atoms with Crippen LogP contribution in [-0.4, -0.2) is 36.5 Å². The third-order valence-corrected chi connectivity index (χ3v) is 3.21. The minimum atomic E-state index is -0.661. The quantitative estimate of drug-likeness (QED) is 0.863. The zero-order valence-corrected chi connectivity index (χ0v) is 10.2. The fraction of sp³-hybridized carbons (Fsp3) is 0.462. The number of piperazine rings is 1. The first kappa shape index (κ1) is 13.0. The summed E-state index contributed by atoms with van der Waals surface area (Å²) in [5.74, 6) is -1.55. The van der Waals surface area contributed by atoms with Crippen LogP contribution in [0.4, 0.5) is 8.78 Å². The van der Waals surface area contributed by atoms with Crippen LogP contribution in [0.3, 0.4) is 0 Å². The smallest absolute Gasteiger partial charge is 0.227 e. The van der Waals surface area contributed by atoms with Crippen molar-refractivity contribution in [3.05, 3.63) is 35.4 Å². The molecule has 1 aliphatic rings. The Morgan fingerprint density at radius 1 is 1.44 bits per heavy atom. The molecule has 0 radical (unpaired) electrons. The number of nitrogens with zero attached hydrogens (tertiary/aromatic N) is 1. The molecule has 5 heteroatoms. The Bertz CT molecular complexity index is 430. The summed E-state index contributed by atoms with van der Waals surface area (Å²) in [6, 6.07) is 3.70. The average Bonchev–Trinajstić information content (AvgIpc) is 2.34. The standard InChI is InChI=1S/C13H16F2N2O/c1-9-8-16-5-6-17(9)13(18)7-10-11(14)3-2-4-12(10)15/h2-4,9,16H,5-8H2,1H3/t9-/m0/s1. The Labute approximate surface area is 105 Å². The number of halogens is 2. The van der Waals surface area contributed by atoms with Gasteiger partial charge in [0.2, 0.25) is 5.91 Å². The Hall–Kier alpha value is -1.49. The number of hydrogen-bond acceptors (Lipinski definition) is 2. The molecule has 3 nitrogen and oxygen atoms in total. The second-order valence-electron chi connectivity index (χ2n) is 4.52. The van der Waals surface area contributed by atoms with E-state index in [1.807, 2.05) is 6.92 Å². The predicted molar refractivity (Wildman–Crippen MR) is 64.1 cm³/mol. The molecule has 0 unspecified atom stereocenters. The normalized spacial score (nSPS) is 19.9. The predicted octanol–water partition coefficient (Wildman–Crippen LogP) is 1.33. The van der Waals surface area contributed by atoms with Gasteiger partial charge in [-0.3, -0.25) is 4.79 Å². The molecule has 2 rings (SSSR count). The van der Waals surface area contributed by atoms with E-state index in [4.69, 9.17) is 0 Å². The number of carbonyl (C=O) groups excluding carboxylic acids is 1. The molecule has 1 aliphatic heterocycles. The summed E-state index contributed by atoms with van der Waals surface area (Å²) in [5.41, 5.74) is -0.145. The Morgan fingerprint density at radius 3 is 2.72 bits per heavy atom. The van der Waals surface area contributed by atoms with Gasteiger partial charge < -0.3 is 10.2 Å². The number of amides is 1. The van der Waals surface area contributed by atoms with Gasteiger partial charge in [0.1, 0.15) is 11.6 Å². The van der Waals surface area contributed by atoms with Crippen molar-refractivity contribution in [2.75, 3.05) is 19.6 Å². The molecule has 98 valence electrons. The highest BCUT2D eigenvalue weighted by molar-refractivity contribution is 5.79. The third-order valence-electron chi connectivity index (χ3n) is 3.21. The number of benzene rings is 1. The number of nitrogens with one attached hydrogen (secondary N) is 1. The third kappa shape index (κ3) is 2.67. The van der Waals surface area contributed by atoms with Crippen molar-refractivity contribution in [3.8, 4) is 0 Å². The van der Waals surface area contributed by atoms with Crippen molar-refractivity contribution in [1.82, 2.24) is 10.2 Å². The fourth-order valence-corrected chi connectivity index (χ4v) is 2.17. The highest BCUT2D eigenvalue weighted by Crippen LogP contribution is 2.15. The molecule has 0 aromatic heterocycles. The van der Waals surface area contributed by atoms with Crippen molar-refractivity contribution in [3.63, 3.8) is 0 Å². The molecule has 1 saturated heterocycles. The highest BCUT2D eigenvalue weighted by Gasteiger charge is 2.24. The maximum atomic E-state index is 13.5. The first-order chi connectivity index (χ1) is 8.59. The fourth-order valence-electron chi connectivity index (χ4n) is 2.17. The minimum Gasteiger partial charge on any atom is -0.337 e. The maximum absolute atomic E-state index is 13.5. The number of hydrogen-bond donors (Lipinski definition) is 1. The molecule has 1 atom stereocenters. The molecular weight excluding hydrogens is 238 g/mol. The summed E-state index contributed by atoms with van der Waals surface area (Å²) >= 11 is 0. The SMILES string of the molecule is C[C@H]1CNCCN1C(=O)Cc1c(F)cccc1F. The van der Waals surface area contributed by atoms with E-state index >= 15 is 0 Å². The Kier molecular flexibility index (Phi) is 3.91. The first-order valence-electron chi connectivity index (χ1n) is 6.02. The zero-order valence-electron chi connectivity index (χ0n) is 10.2. The highest BCUT2D eigenvalue weighted by atomic mass is 19.1. The molecule has 1 fully saturated rings. The molecule has 1 heterocycles. The monoisotopic (exact) mass is 254 g/mol. The van der Waals surface area contributed by atoms with Crippen LogP contribution in [0.5, 0.6) is 0 Å². The lowest BCUT2D eigenvalue weighted by molar-refractivity contribution is -0.133. The average molecular weight is 254 g/mol. The van der Waals surface area contributed by atoms with Crippen LogP contribution < -0.4 is 5.32 Å². The summed E-state index contributed by atoms with van der Waals surface area (Å²) in [7, 11) is 0. The number of carbonyl (C=O) groups is 1. The van der Waals surface area contributed by atoms with Gasteiger partial charge in [0.05, 0.1) is 6.42 Å². The van der Waals surface area contributed by atoms with Gasteiger partial charge in [-0.05, 0) is 19.1 Å². The van der Waals surface area contributed by atoms with Crippen LogP contribution in [0.25, 0.3) is 0 Å². The van der Waals surface area contributed by atoms with Crippen molar-refractivity contribution >= 4 is 5.91 Å². The number of rotatable bonds is 2. The van der Waals surface area contributed by atoms with Crippen LogP contribution in [0.1, 0.15) is 12.5 Å².